The van der Waals surface area contributed by atoms with Gasteiger partial charge < -0.3 is 10.1 Å². The second-order valence-corrected chi connectivity index (χ2v) is 8.80. The van der Waals surface area contributed by atoms with E-state index in [1.54, 1.807) is 11.3 Å². The minimum absolute atomic E-state index is 0.0667. The molecule has 1 aromatic heterocycles. The maximum absolute atomic E-state index is 13.2. The van der Waals surface area contributed by atoms with E-state index in [1.807, 2.05) is 36.4 Å². The lowest BCUT2D eigenvalue weighted by atomic mass is 10.0. The lowest BCUT2D eigenvalue weighted by molar-refractivity contribution is 0.103. The van der Waals surface area contributed by atoms with E-state index in [0.717, 1.165) is 51.2 Å². The number of amides is 1. The zero-order valence-electron chi connectivity index (χ0n) is 18.0. The number of rotatable bonds is 8. The summed E-state index contributed by atoms with van der Waals surface area (Å²) in [5.41, 5.74) is 4.30. The van der Waals surface area contributed by atoms with E-state index in [2.05, 4.69) is 55.6 Å². The number of carbonyl (C=O) groups excluding carboxylic acids is 1. The summed E-state index contributed by atoms with van der Waals surface area (Å²) < 4.78 is 6.85. The fourth-order valence-electron chi connectivity index (χ4n) is 3.52. The van der Waals surface area contributed by atoms with Gasteiger partial charge in [0, 0.05) is 10.4 Å². The third-order valence-electron chi connectivity index (χ3n) is 5.28. The molecular weight excluding hydrogens is 402 g/mol. The molecule has 158 valence electrons. The molecular formula is C27H27NO2S. The van der Waals surface area contributed by atoms with E-state index in [4.69, 9.17) is 4.74 Å². The quantitative estimate of drug-likeness (QED) is 0.300. The number of thiophene rings is 1. The number of ether oxygens (including phenoxy) is 1. The number of hydrogen-bond acceptors (Lipinski definition) is 3. The highest BCUT2D eigenvalue weighted by Crippen LogP contribution is 2.33. The number of anilines is 1. The van der Waals surface area contributed by atoms with E-state index in [-0.39, 0.29) is 5.91 Å². The number of nitrogens with one attached hydrogen (secondary N) is 1. The summed E-state index contributed by atoms with van der Waals surface area (Å²) in [7, 11) is 0. The van der Waals surface area contributed by atoms with Crippen LogP contribution in [0.25, 0.3) is 10.1 Å². The maximum Gasteiger partial charge on any atom is 0.266 e. The summed E-state index contributed by atoms with van der Waals surface area (Å²) in [5, 5.41) is 4.22. The van der Waals surface area contributed by atoms with Gasteiger partial charge in [-0.2, -0.15) is 0 Å². The predicted octanol–water partition coefficient (Wildman–Crippen LogP) is 7.23. The van der Waals surface area contributed by atoms with Crippen LogP contribution in [0.15, 0.2) is 72.8 Å². The molecule has 0 aliphatic heterocycles. The van der Waals surface area contributed by atoms with E-state index in [1.165, 1.54) is 11.1 Å². The molecule has 0 fully saturated rings. The Kier molecular flexibility index (Phi) is 6.68. The molecule has 0 radical (unpaired) electrons. The van der Waals surface area contributed by atoms with Gasteiger partial charge in [0.1, 0.15) is 5.75 Å². The van der Waals surface area contributed by atoms with Crippen molar-refractivity contribution >= 4 is 33.0 Å². The minimum Gasteiger partial charge on any atom is -0.494 e. The highest BCUT2D eigenvalue weighted by atomic mass is 32.1. The Hall–Kier alpha value is -3.11. The topological polar surface area (TPSA) is 38.3 Å². The van der Waals surface area contributed by atoms with Gasteiger partial charge in [-0.15, -0.1) is 11.3 Å². The monoisotopic (exact) mass is 429 g/mol. The van der Waals surface area contributed by atoms with Crippen LogP contribution in [0.1, 0.15) is 46.1 Å². The third kappa shape index (κ3) is 5.15. The smallest absolute Gasteiger partial charge is 0.266 e. The molecule has 4 aromatic rings. The zero-order chi connectivity index (χ0) is 21.6. The Labute approximate surface area is 187 Å². The van der Waals surface area contributed by atoms with Gasteiger partial charge in [-0.3, -0.25) is 4.79 Å². The SMILES string of the molecule is CCCCOc1ccc(NC(=O)c2sc3ccccc3c2Cc2ccc(C)cc2)cc1. The Balaban J connectivity index is 1.56. The highest BCUT2D eigenvalue weighted by Gasteiger charge is 2.19. The van der Waals surface area contributed by atoms with E-state index >= 15 is 0 Å². The fraction of sp³-hybridized carbons (Fsp3) is 0.222. The summed E-state index contributed by atoms with van der Waals surface area (Å²) in [6.07, 6.45) is 2.87. The van der Waals surface area contributed by atoms with Gasteiger partial charge in [0.25, 0.3) is 5.91 Å². The summed E-state index contributed by atoms with van der Waals surface area (Å²) in [4.78, 5) is 14.0. The van der Waals surface area contributed by atoms with Gasteiger partial charge in [0.05, 0.1) is 11.5 Å². The average molecular weight is 430 g/mol. The van der Waals surface area contributed by atoms with Gasteiger partial charge in [0.15, 0.2) is 0 Å². The Morgan fingerprint density at radius 2 is 1.71 bits per heavy atom. The standard InChI is InChI=1S/C27H27NO2S/c1-3-4-17-30-22-15-13-21(14-16-22)28-27(29)26-24(18-20-11-9-19(2)10-12-20)23-7-5-6-8-25(23)31-26/h5-16H,3-4,17-18H2,1-2H3,(H,28,29). The molecule has 0 unspecified atom stereocenters. The Morgan fingerprint density at radius 3 is 2.45 bits per heavy atom. The third-order valence-corrected chi connectivity index (χ3v) is 6.50. The first kappa shape index (κ1) is 21.1. The van der Waals surface area contributed by atoms with Crippen LogP contribution in [0.4, 0.5) is 5.69 Å². The number of aryl methyl sites for hydroxylation is 1. The molecule has 0 aliphatic carbocycles. The molecule has 1 heterocycles. The van der Waals surface area contributed by atoms with Crippen LogP contribution in [0.5, 0.6) is 5.75 Å². The molecule has 3 nitrogen and oxygen atoms in total. The van der Waals surface area contributed by atoms with Crippen molar-refractivity contribution in [3.8, 4) is 5.75 Å². The predicted molar refractivity (Wildman–Crippen MR) is 131 cm³/mol. The van der Waals surface area contributed by atoms with Crippen molar-refractivity contribution in [3.05, 3.63) is 94.4 Å². The van der Waals surface area contributed by atoms with Gasteiger partial charge in [-0.05, 0) is 66.6 Å². The van der Waals surface area contributed by atoms with Gasteiger partial charge in [-0.1, -0.05) is 61.4 Å². The summed E-state index contributed by atoms with van der Waals surface area (Å²) in [6.45, 7) is 4.94. The molecule has 1 amide bonds. The lowest BCUT2D eigenvalue weighted by Gasteiger charge is -2.09. The number of unbranched alkanes of at least 4 members (excludes halogenated alkanes) is 1. The van der Waals surface area contributed by atoms with Crippen molar-refractivity contribution in [1.82, 2.24) is 0 Å². The van der Waals surface area contributed by atoms with Crippen molar-refractivity contribution in [3.63, 3.8) is 0 Å². The molecule has 0 atom stereocenters. The van der Waals surface area contributed by atoms with Gasteiger partial charge >= 0.3 is 0 Å². The van der Waals surface area contributed by atoms with Crippen molar-refractivity contribution in [2.75, 3.05) is 11.9 Å². The normalized spacial score (nSPS) is 10.9. The highest BCUT2D eigenvalue weighted by molar-refractivity contribution is 7.21. The van der Waals surface area contributed by atoms with Crippen LogP contribution in [-0.2, 0) is 6.42 Å². The van der Waals surface area contributed by atoms with Crippen molar-refractivity contribution in [1.29, 1.82) is 0 Å². The summed E-state index contributed by atoms with van der Waals surface area (Å²) in [5.74, 6) is 0.760. The van der Waals surface area contributed by atoms with E-state index < -0.39 is 0 Å². The molecule has 0 aliphatic rings. The van der Waals surface area contributed by atoms with Crippen LogP contribution in [0, 0.1) is 6.92 Å². The van der Waals surface area contributed by atoms with Gasteiger partial charge in [0.2, 0.25) is 0 Å². The molecule has 0 saturated heterocycles. The number of fused-ring (bicyclic) bond motifs is 1. The van der Waals surface area contributed by atoms with Crippen LogP contribution in [-0.4, -0.2) is 12.5 Å². The van der Waals surface area contributed by atoms with E-state index in [9.17, 15) is 4.79 Å². The van der Waals surface area contributed by atoms with Crippen LogP contribution < -0.4 is 10.1 Å². The van der Waals surface area contributed by atoms with E-state index in [0.29, 0.717) is 6.61 Å². The second kappa shape index (κ2) is 9.80. The summed E-state index contributed by atoms with van der Waals surface area (Å²) >= 11 is 1.55. The van der Waals surface area contributed by atoms with Crippen molar-refractivity contribution in [2.45, 2.75) is 33.1 Å². The molecule has 0 bridgehead atoms. The number of hydrogen-bond donors (Lipinski definition) is 1. The fourth-order valence-corrected chi connectivity index (χ4v) is 4.64. The molecule has 4 heteroatoms. The van der Waals surface area contributed by atoms with Crippen LogP contribution in [0.3, 0.4) is 0 Å². The lowest BCUT2D eigenvalue weighted by Crippen LogP contribution is -2.12. The molecule has 4 rings (SSSR count). The minimum atomic E-state index is -0.0667. The van der Waals surface area contributed by atoms with Crippen molar-refractivity contribution < 1.29 is 9.53 Å². The van der Waals surface area contributed by atoms with Crippen LogP contribution in [0.2, 0.25) is 0 Å². The molecule has 3 aromatic carbocycles. The molecule has 0 spiro atoms. The first-order valence-corrected chi connectivity index (χ1v) is 11.6. The van der Waals surface area contributed by atoms with Gasteiger partial charge in [-0.25, -0.2) is 0 Å². The zero-order valence-corrected chi connectivity index (χ0v) is 18.8. The maximum atomic E-state index is 13.2. The Bertz CT molecular complexity index is 1160. The molecule has 0 saturated carbocycles. The first-order valence-electron chi connectivity index (χ1n) is 10.7. The first-order chi connectivity index (χ1) is 15.1. The molecule has 31 heavy (non-hydrogen) atoms. The second-order valence-electron chi connectivity index (χ2n) is 7.75. The summed E-state index contributed by atoms with van der Waals surface area (Å²) in [6, 6.07) is 24.4. The average Bonchev–Trinajstić information content (AvgIpc) is 3.15. The van der Waals surface area contributed by atoms with Crippen LogP contribution >= 0.6 is 11.3 Å². The Morgan fingerprint density at radius 1 is 0.968 bits per heavy atom. The molecule has 1 N–H and O–H groups in total. The number of carbonyl (C=O) groups is 1. The largest absolute Gasteiger partial charge is 0.494 e. The number of benzene rings is 3. The van der Waals surface area contributed by atoms with Crippen molar-refractivity contribution in [2.24, 2.45) is 0 Å².